The topological polar surface area (TPSA) is 117 Å². The summed E-state index contributed by atoms with van der Waals surface area (Å²) in [5.41, 5.74) is 8.55. The van der Waals surface area contributed by atoms with Crippen molar-refractivity contribution in [2.24, 2.45) is 0 Å². The number of rotatable bonds is 2. The molecule has 9 heteroatoms. The van der Waals surface area contributed by atoms with Crippen LogP contribution in [0.1, 0.15) is 10.4 Å². The zero-order valence-corrected chi connectivity index (χ0v) is 15.6. The number of thiophene rings is 1. The summed E-state index contributed by atoms with van der Waals surface area (Å²) in [5.74, 6) is 0.338. The van der Waals surface area contributed by atoms with Crippen LogP contribution in [0.25, 0.3) is 32.6 Å². The Morgan fingerprint density at radius 1 is 1.21 bits per heavy atom. The summed E-state index contributed by atoms with van der Waals surface area (Å²) < 4.78 is 5.30. The molecule has 1 fully saturated rings. The number of carbonyl (C=O) groups is 1. The molecule has 0 saturated carbocycles. The molecule has 0 unspecified atom stereocenters. The van der Waals surface area contributed by atoms with E-state index in [1.807, 2.05) is 11.4 Å². The number of anilines is 1. The number of hydrogen-bond donors (Lipinski definition) is 3. The van der Waals surface area contributed by atoms with E-state index in [4.69, 9.17) is 10.5 Å². The number of amides is 1. The number of H-pyrrole nitrogens is 2. The molecular weight excluding hydrogens is 378 g/mol. The van der Waals surface area contributed by atoms with E-state index in [1.165, 1.54) is 11.3 Å². The van der Waals surface area contributed by atoms with Crippen molar-refractivity contribution in [3.8, 4) is 11.4 Å². The molecule has 1 aromatic carbocycles. The maximum absolute atomic E-state index is 12.7. The van der Waals surface area contributed by atoms with Gasteiger partial charge in [-0.1, -0.05) is 0 Å². The summed E-state index contributed by atoms with van der Waals surface area (Å²) in [6.45, 7) is 2.26. The molecule has 28 heavy (non-hydrogen) atoms. The Hall–Kier alpha value is -3.17. The van der Waals surface area contributed by atoms with E-state index < -0.39 is 0 Å². The number of hydrogen-bond acceptors (Lipinski definition) is 6. The molecule has 1 saturated heterocycles. The SMILES string of the molecule is Nc1c(-c2nc3cc(C(=O)N4CCOCC4)ccc3[nH]2)c(=O)[nH]c2sccc12. The minimum atomic E-state index is -0.295. The Kier molecular flexibility index (Phi) is 3.92. The van der Waals surface area contributed by atoms with Crippen LogP contribution in [0.5, 0.6) is 0 Å². The molecule has 0 spiro atoms. The molecule has 1 aliphatic heterocycles. The molecule has 0 atom stereocenters. The standard InChI is InChI=1S/C19H17N5O3S/c20-15-11-3-8-28-18(11)23-17(25)14(15)16-21-12-2-1-10(9-13(12)22-16)19(26)24-4-6-27-7-5-24/h1-3,8-9H,4-7H2,(H,21,22)(H3,20,23,25). The van der Waals surface area contributed by atoms with Gasteiger partial charge in [-0.3, -0.25) is 9.59 Å². The molecule has 0 aliphatic carbocycles. The van der Waals surface area contributed by atoms with Crippen molar-refractivity contribution in [1.29, 1.82) is 0 Å². The molecule has 4 aromatic rings. The van der Waals surface area contributed by atoms with Crippen LogP contribution in [-0.4, -0.2) is 52.1 Å². The van der Waals surface area contributed by atoms with Gasteiger partial charge in [0.25, 0.3) is 11.5 Å². The van der Waals surface area contributed by atoms with Crippen molar-refractivity contribution < 1.29 is 9.53 Å². The number of aromatic amines is 2. The second-order valence-corrected chi connectivity index (χ2v) is 7.54. The van der Waals surface area contributed by atoms with Crippen LogP contribution in [0.4, 0.5) is 5.69 Å². The fourth-order valence-corrected chi connectivity index (χ4v) is 4.28. The van der Waals surface area contributed by atoms with Gasteiger partial charge in [0.1, 0.15) is 16.2 Å². The average molecular weight is 395 g/mol. The minimum Gasteiger partial charge on any atom is -0.397 e. The van der Waals surface area contributed by atoms with Crippen LogP contribution in [-0.2, 0) is 4.74 Å². The van der Waals surface area contributed by atoms with Crippen LogP contribution in [0.2, 0.25) is 0 Å². The molecule has 142 valence electrons. The van der Waals surface area contributed by atoms with E-state index in [-0.39, 0.29) is 11.5 Å². The second kappa shape index (κ2) is 6.47. The highest BCUT2D eigenvalue weighted by Crippen LogP contribution is 2.30. The van der Waals surface area contributed by atoms with Crippen LogP contribution < -0.4 is 11.3 Å². The number of aromatic nitrogens is 3. The maximum Gasteiger partial charge on any atom is 0.262 e. The van der Waals surface area contributed by atoms with E-state index in [9.17, 15) is 9.59 Å². The molecular formula is C19H17N5O3S. The highest BCUT2D eigenvalue weighted by atomic mass is 32.1. The first-order valence-corrected chi connectivity index (χ1v) is 9.76. The van der Waals surface area contributed by atoms with E-state index in [0.29, 0.717) is 54.5 Å². The first-order valence-electron chi connectivity index (χ1n) is 8.88. The lowest BCUT2D eigenvalue weighted by Crippen LogP contribution is -2.40. The third-order valence-corrected chi connectivity index (χ3v) is 5.77. The zero-order valence-electron chi connectivity index (χ0n) is 14.8. The molecule has 8 nitrogen and oxygen atoms in total. The largest absolute Gasteiger partial charge is 0.397 e. The lowest BCUT2D eigenvalue weighted by Gasteiger charge is -2.26. The second-order valence-electron chi connectivity index (χ2n) is 6.63. The lowest BCUT2D eigenvalue weighted by molar-refractivity contribution is 0.0303. The highest BCUT2D eigenvalue weighted by molar-refractivity contribution is 7.16. The minimum absolute atomic E-state index is 0.0493. The van der Waals surface area contributed by atoms with Crippen LogP contribution >= 0.6 is 11.3 Å². The molecule has 1 aliphatic rings. The predicted molar refractivity (Wildman–Crippen MR) is 109 cm³/mol. The van der Waals surface area contributed by atoms with E-state index in [1.54, 1.807) is 23.1 Å². The van der Waals surface area contributed by atoms with E-state index in [2.05, 4.69) is 15.0 Å². The van der Waals surface area contributed by atoms with Crippen molar-refractivity contribution in [2.75, 3.05) is 32.0 Å². The highest BCUT2D eigenvalue weighted by Gasteiger charge is 2.20. The third kappa shape index (κ3) is 2.67. The number of morpholine rings is 1. The summed E-state index contributed by atoms with van der Waals surface area (Å²) in [4.78, 5) is 38.3. The molecule has 5 rings (SSSR count). The number of fused-ring (bicyclic) bond motifs is 2. The van der Waals surface area contributed by atoms with Gasteiger partial charge in [-0.05, 0) is 29.6 Å². The van der Waals surface area contributed by atoms with Crippen LogP contribution in [0.3, 0.4) is 0 Å². The summed E-state index contributed by atoms with van der Waals surface area (Å²) >= 11 is 1.43. The van der Waals surface area contributed by atoms with Crippen molar-refractivity contribution in [2.45, 2.75) is 0 Å². The summed E-state index contributed by atoms with van der Waals surface area (Å²) in [7, 11) is 0. The molecule has 4 heterocycles. The average Bonchev–Trinajstić information content (AvgIpc) is 3.34. The fourth-order valence-electron chi connectivity index (χ4n) is 3.48. The van der Waals surface area contributed by atoms with Gasteiger partial charge in [0.2, 0.25) is 0 Å². The Morgan fingerprint density at radius 3 is 2.86 bits per heavy atom. The quantitative estimate of drug-likeness (QED) is 0.481. The molecule has 3 aromatic heterocycles. The van der Waals surface area contributed by atoms with Crippen molar-refractivity contribution >= 4 is 44.2 Å². The predicted octanol–water partition coefficient (Wildman–Crippen LogP) is 2.19. The number of nitrogens with two attached hydrogens (primary N) is 1. The smallest absolute Gasteiger partial charge is 0.262 e. The summed E-state index contributed by atoms with van der Waals surface area (Å²) in [5, 5.41) is 2.67. The number of nitrogens with zero attached hydrogens (tertiary/aromatic N) is 2. The van der Waals surface area contributed by atoms with Gasteiger partial charge >= 0.3 is 0 Å². The monoisotopic (exact) mass is 395 g/mol. The molecule has 1 amide bonds. The Balaban J connectivity index is 1.57. The Morgan fingerprint density at radius 2 is 2.04 bits per heavy atom. The van der Waals surface area contributed by atoms with Gasteiger partial charge in [-0.15, -0.1) is 11.3 Å². The van der Waals surface area contributed by atoms with Gasteiger partial charge < -0.3 is 25.3 Å². The zero-order chi connectivity index (χ0) is 19.3. The van der Waals surface area contributed by atoms with Crippen LogP contribution in [0.15, 0.2) is 34.4 Å². The van der Waals surface area contributed by atoms with Gasteiger partial charge in [0.05, 0.1) is 29.9 Å². The molecule has 0 radical (unpaired) electrons. The number of ether oxygens (including phenoxy) is 1. The number of benzene rings is 1. The van der Waals surface area contributed by atoms with Gasteiger partial charge in [-0.25, -0.2) is 4.98 Å². The first kappa shape index (κ1) is 17.0. The first-order chi connectivity index (χ1) is 13.6. The number of carbonyl (C=O) groups excluding carboxylic acids is 1. The number of pyridine rings is 1. The Labute approximate surface area is 162 Å². The van der Waals surface area contributed by atoms with Gasteiger partial charge in [0.15, 0.2) is 0 Å². The third-order valence-electron chi connectivity index (χ3n) is 4.94. The molecule has 0 bridgehead atoms. The summed E-state index contributed by atoms with van der Waals surface area (Å²) in [6.07, 6.45) is 0. The number of imidazole rings is 1. The van der Waals surface area contributed by atoms with Crippen LogP contribution in [0, 0.1) is 0 Å². The van der Waals surface area contributed by atoms with Gasteiger partial charge in [0, 0.05) is 24.0 Å². The van der Waals surface area contributed by atoms with E-state index in [0.717, 1.165) is 15.7 Å². The fraction of sp³-hybridized carbons (Fsp3) is 0.211. The lowest BCUT2D eigenvalue weighted by atomic mass is 10.1. The number of nitrogen functional groups attached to an aromatic ring is 1. The van der Waals surface area contributed by atoms with Crippen molar-refractivity contribution in [1.82, 2.24) is 19.9 Å². The van der Waals surface area contributed by atoms with E-state index >= 15 is 0 Å². The molecule has 4 N–H and O–H groups in total. The van der Waals surface area contributed by atoms with Gasteiger partial charge in [-0.2, -0.15) is 0 Å². The normalized spacial score (nSPS) is 14.8. The van der Waals surface area contributed by atoms with Crippen molar-refractivity contribution in [3.63, 3.8) is 0 Å². The maximum atomic E-state index is 12.7. The number of nitrogens with one attached hydrogen (secondary N) is 2. The Bertz CT molecular complexity index is 1270. The summed E-state index contributed by atoms with van der Waals surface area (Å²) in [6, 6.07) is 7.17. The van der Waals surface area contributed by atoms with Crippen molar-refractivity contribution in [3.05, 3.63) is 45.6 Å².